The summed E-state index contributed by atoms with van der Waals surface area (Å²) in [5.74, 6) is 0. The van der Waals surface area contributed by atoms with E-state index in [9.17, 15) is 0 Å². The van der Waals surface area contributed by atoms with Gasteiger partial charge in [0.25, 0.3) is 0 Å². The molecule has 0 bridgehead atoms. The minimum absolute atomic E-state index is 0. The first kappa shape index (κ1) is 31.8. The van der Waals surface area contributed by atoms with E-state index >= 15 is 0 Å². The largest absolute Gasteiger partial charge is 0 e. The van der Waals surface area contributed by atoms with Crippen LogP contribution in [0.1, 0.15) is 0 Å². The topological polar surface area (TPSA) is 0 Å². The Kier molecular flexibility index (Phi) is 142. The molecule has 2 radical (unpaired) electrons. The van der Waals surface area contributed by atoms with Gasteiger partial charge in [-0.2, -0.15) is 0 Å². The quantitative estimate of drug-likeness (QED) is 0.504. The molecule has 0 aliphatic heterocycles. The zero-order valence-electron chi connectivity index (χ0n) is 1.51. The molecule has 0 heterocycles. The van der Waals surface area contributed by atoms with Gasteiger partial charge in [-0.15, -0.1) is 0 Å². The maximum absolute atomic E-state index is 0. The van der Waals surface area contributed by atoms with Gasteiger partial charge in [-0.05, 0) is 0 Å². The van der Waals surface area contributed by atoms with Crippen molar-refractivity contribution in [2.24, 2.45) is 0 Å². The Morgan fingerprint density at radius 1 is 1.00 bits per heavy atom. The second-order valence-electron chi connectivity index (χ2n) is 0. The van der Waals surface area contributed by atoms with Crippen LogP contribution in [0.15, 0.2) is 0 Å². The predicted octanol–water partition coefficient (Wildman–Crippen LogP) is -0.0100. The summed E-state index contributed by atoms with van der Waals surface area (Å²) in [4.78, 5) is 0. The Morgan fingerprint density at radius 2 is 1.00 bits per heavy atom. The molecule has 0 saturated heterocycles. The molecule has 0 amide bonds. The molecule has 0 atom stereocenters. The molecule has 4 heteroatoms. The average Bonchev–Trinajstić information content (AvgIpc) is 0. The number of rotatable bonds is 0. The van der Waals surface area contributed by atoms with Crippen molar-refractivity contribution in [3.05, 3.63) is 0 Å². The van der Waals surface area contributed by atoms with Crippen LogP contribution in [0.25, 0.3) is 0 Å². The van der Waals surface area contributed by atoms with Crippen LogP contribution in [0, 0.1) is 0 Å². The Labute approximate surface area is 76.6 Å². The van der Waals surface area contributed by atoms with Crippen molar-refractivity contribution >= 4 is 0 Å². The van der Waals surface area contributed by atoms with E-state index in [-0.39, 0.29) is 77.6 Å². The summed E-state index contributed by atoms with van der Waals surface area (Å²) >= 11 is 0. The number of hydrogen-bond acceptors (Lipinski definition) is 0. The summed E-state index contributed by atoms with van der Waals surface area (Å²) in [6.45, 7) is 0. The van der Waals surface area contributed by atoms with Gasteiger partial charge in [-0.3, -0.25) is 0 Å². The van der Waals surface area contributed by atoms with Crippen LogP contribution >= 0.6 is 0 Å². The Balaban J connectivity index is 0. The molecule has 0 rings (SSSR count). The third kappa shape index (κ3) is 8.82. The second kappa shape index (κ2) is 17.9. The van der Waals surface area contributed by atoms with Crippen LogP contribution in [-0.4, -0.2) is 0 Å². The Hall–Kier alpha value is 2.47. The molecule has 0 aromatic carbocycles. The van der Waals surface area contributed by atoms with Gasteiger partial charge in [0, 0.05) is 77.6 Å². The van der Waals surface area contributed by atoms with E-state index in [0.717, 1.165) is 0 Å². The minimum Gasteiger partial charge on any atom is 0 e. The van der Waals surface area contributed by atoms with Gasteiger partial charge in [-0.25, -0.2) is 0 Å². The first-order chi connectivity index (χ1) is 0. The fourth-order valence-corrected chi connectivity index (χ4v) is 0. The maximum atomic E-state index is 0. The zero-order chi connectivity index (χ0) is 0. The fourth-order valence-electron chi connectivity index (χ4n) is 0. The van der Waals surface area contributed by atoms with Gasteiger partial charge in [0.05, 0.1) is 0 Å². The summed E-state index contributed by atoms with van der Waals surface area (Å²) in [6, 6.07) is 0. The summed E-state index contributed by atoms with van der Waals surface area (Å²) in [5.41, 5.74) is 0. The molecule has 4 heavy (non-hydrogen) atoms. The number of hydrogen-bond donors (Lipinski definition) is 0. The Bertz CT molecular complexity index is 8.00. The fraction of sp³-hybridized carbons (Fsp3) is 0. The molecule has 0 fully saturated rings. The molecule has 30 valence electrons. The van der Waals surface area contributed by atoms with Crippen molar-refractivity contribution in [2.75, 3.05) is 0 Å². The van der Waals surface area contributed by atoms with Crippen LogP contribution < -0.4 is 0 Å². The van der Waals surface area contributed by atoms with E-state index in [2.05, 4.69) is 0 Å². The Morgan fingerprint density at radius 3 is 1.00 bits per heavy atom. The normalized spacial score (nSPS) is 0. The molecule has 0 saturated carbocycles. The van der Waals surface area contributed by atoms with E-state index in [0.29, 0.717) is 0 Å². The van der Waals surface area contributed by atoms with Crippen molar-refractivity contribution in [1.29, 1.82) is 0 Å². The molecule has 0 nitrogen and oxygen atoms in total. The van der Waals surface area contributed by atoms with Crippen LogP contribution in [0.5, 0.6) is 0 Å². The van der Waals surface area contributed by atoms with E-state index in [1.54, 1.807) is 0 Å². The minimum atomic E-state index is 0. The van der Waals surface area contributed by atoms with E-state index in [1.165, 1.54) is 0 Å². The maximum Gasteiger partial charge on any atom is 0 e. The van der Waals surface area contributed by atoms with Crippen molar-refractivity contribution in [2.45, 2.75) is 0 Å². The molecule has 0 spiro atoms. The van der Waals surface area contributed by atoms with Gasteiger partial charge < -0.3 is 0 Å². The van der Waals surface area contributed by atoms with Crippen LogP contribution in [0.3, 0.4) is 0 Å². The van der Waals surface area contributed by atoms with Gasteiger partial charge in [0.2, 0.25) is 0 Å². The summed E-state index contributed by atoms with van der Waals surface area (Å²) < 4.78 is 0. The van der Waals surface area contributed by atoms with Crippen LogP contribution in [-0.2, 0) is 77.6 Å². The molecule has 0 aromatic heterocycles. The summed E-state index contributed by atoms with van der Waals surface area (Å²) in [6.07, 6.45) is 0. The molecule has 0 unspecified atom stereocenters. The molecule has 0 aliphatic carbocycles. The van der Waals surface area contributed by atoms with Gasteiger partial charge in [-0.1, -0.05) is 0 Å². The molecule has 0 aliphatic rings. The second-order valence-corrected chi connectivity index (χ2v) is 0. The summed E-state index contributed by atoms with van der Waals surface area (Å²) in [5, 5.41) is 0. The van der Waals surface area contributed by atoms with Gasteiger partial charge in [0.1, 0.15) is 0 Å². The SMILES string of the molecule is [Co].[Cr].[Nb].[Pt]. The van der Waals surface area contributed by atoms with Crippen molar-refractivity contribution in [1.82, 2.24) is 0 Å². The third-order valence-electron chi connectivity index (χ3n) is 0. The van der Waals surface area contributed by atoms with Crippen molar-refractivity contribution in [3.8, 4) is 0 Å². The summed E-state index contributed by atoms with van der Waals surface area (Å²) in [7, 11) is 0. The first-order valence-corrected chi connectivity index (χ1v) is 0. The van der Waals surface area contributed by atoms with E-state index in [1.807, 2.05) is 0 Å². The molecule has 0 N–H and O–H groups in total. The predicted molar refractivity (Wildman–Crippen MR) is 0 cm³/mol. The van der Waals surface area contributed by atoms with Crippen molar-refractivity contribution < 1.29 is 77.6 Å². The monoisotopic (exact) mass is 399 g/mol. The smallest absolute Gasteiger partial charge is 0 e. The molecular weight excluding hydrogens is 399 g/mol. The van der Waals surface area contributed by atoms with Gasteiger partial charge in [0.15, 0.2) is 0 Å². The molecular formula is CoCrNbPt. The molecule has 0 aromatic rings. The van der Waals surface area contributed by atoms with Crippen LogP contribution in [0.4, 0.5) is 0 Å². The van der Waals surface area contributed by atoms with Crippen molar-refractivity contribution in [3.63, 3.8) is 0 Å². The standard InChI is InChI=1S/Co.Cr.Nb.Pt. The first-order valence-electron chi connectivity index (χ1n) is 0. The van der Waals surface area contributed by atoms with E-state index < -0.39 is 0 Å². The third-order valence-corrected chi connectivity index (χ3v) is 0. The van der Waals surface area contributed by atoms with Crippen LogP contribution in [0.2, 0.25) is 0 Å². The van der Waals surface area contributed by atoms with Gasteiger partial charge >= 0.3 is 0 Å². The average molecular weight is 399 g/mol. The van der Waals surface area contributed by atoms with E-state index in [4.69, 9.17) is 0 Å². The zero-order valence-corrected chi connectivity index (χ0v) is 8.29.